The van der Waals surface area contributed by atoms with Gasteiger partial charge < -0.3 is 14.2 Å². The second kappa shape index (κ2) is 10.6. The molecule has 10 nitrogen and oxygen atoms in total. The van der Waals surface area contributed by atoms with Crippen LogP contribution in [-0.4, -0.2) is 36.8 Å². The Kier molecular flexibility index (Phi) is 7.27. The lowest BCUT2D eigenvalue weighted by Gasteiger charge is -2.26. The molecule has 1 unspecified atom stereocenters. The number of aromatic nitrogens is 2. The first-order chi connectivity index (χ1) is 18.2. The van der Waals surface area contributed by atoms with Crippen LogP contribution in [0.3, 0.4) is 0 Å². The van der Waals surface area contributed by atoms with Crippen molar-refractivity contribution in [2.24, 2.45) is 5.14 Å². The minimum atomic E-state index is -4.05. The molecule has 0 spiro atoms. The summed E-state index contributed by atoms with van der Waals surface area (Å²) < 4.78 is 32.8. The molecule has 3 N–H and O–H groups in total. The Morgan fingerprint density at radius 2 is 2.16 bits per heavy atom. The third-order valence-electron chi connectivity index (χ3n) is 6.64. The van der Waals surface area contributed by atoms with Crippen LogP contribution >= 0.6 is 11.3 Å². The zero-order chi connectivity index (χ0) is 26.9. The Hall–Kier alpha value is -3.63. The molecule has 196 valence electrons. The highest BCUT2D eigenvalue weighted by atomic mass is 32.2. The highest BCUT2D eigenvalue weighted by Gasteiger charge is 2.29. The fourth-order valence-corrected chi connectivity index (χ4v) is 6.09. The number of aryl methyl sites for hydroxylation is 1. The van der Waals surface area contributed by atoms with Crippen molar-refractivity contribution in [2.45, 2.75) is 44.8 Å². The van der Waals surface area contributed by atoms with Gasteiger partial charge in [0.25, 0.3) is 0 Å². The van der Waals surface area contributed by atoms with Gasteiger partial charge in [-0.1, -0.05) is 6.07 Å². The van der Waals surface area contributed by atoms with Crippen molar-refractivity contribution in [1.29, 1.82) is 5.26 Å². The normalized spacial score (nSPS) is 20.1. The number of nitrogens with zero attached hydrogens (tertiary/aromatic N) is 3. The molecule has 3 heterocycles. The van der Waals surface area contributed by atoms with E-state index in [1.165, 1.54) is 30.1 Å². The van der Waals surface area contributed by atoms with Crippen LogP contribution in [0.5, 0.6) is 0 Å². The number of hydrogen-bond donors (Lipinski definition) is 2. The molecule has 1 aliphatic carbocycles. The summed E-state index contributed by atoms with van der Waals surface area (Å²) in [5.41, 5.74) is 4.71. The van der Waals surface area contributed by atoms with Gasteiger partial charge in [-0.3, -0.25) is 4.79 Å². The van der Waals surface area contributed by atoms with E-state index in [1.54, 1.807) is 0 Å². The lowest BCUT2D eigenvalue weighted by Crippen LogP contribution is -2.19. The summed E-state index contributed by atoms with van der Waals surface area (Å²) in [6, 6.07) is 9.64. The Labute approximate surface area is 224 Å². The van der Waals surface area contributed by atoms with Gasteiger partial charge >= 0.3 is 10.3 Å². The topological polar surface area (TPSA) is 157 Å². The molecule has 0 radical (unpaired) electrons. The molecule has 2 atom stereocenters. The second-order valence-corrected chi connectivity index (χ2v) is 11.6. The highest BCUT2D eigenvalue weighted by molar-refractivity contribution is 7.84. The summed E-state index contributed by atoms with van der Waals surface area (Å²) in [7, 11) is -4.05. The van der Waals surface area contributed by atoms with E-state index in [0.29, 0.717) is 47.7 Å². The number of nitrogens with one attached hydrogen (secondary N) is 1. The van der Waals surface area contributed by atoms with Crippen LogP contribution < -0.4 is 10.5 Å². The lowest BCUT2D eigenvalue weighted by atomic mass is 9.91. The number of carbonyl (C=O) groups is 1. The molecule has 3 aromatic rings. The summed E-state index contributed by atoms with van der Waals surface area (Å²) >= 11 is 1.38. The van der Waals surface area contributed by atoms with Crippen LogP contribution in [0, 0.1) is 18.3 Å². The predicted octanol–water partition coefficient (Wildman–Crippen LogP) is 3.68. The van der Waals surface area contributed by atoms with Gasteiger partial charge in [0.1, 0.15) is 24.5 Å². The molecular weight excluding hydrogens is 526 g/mol. The maximum absolute atomic E-state index is 13.6. The third-order valence-corrected chi connectivity index (χ3v) is 8.07. The average Bonchev–Trinajstić information content (AvgIpc) is 3.52. The van der Waals surface area contributed by atoms with Gasteiger partial charge in [0.2, 0.25) is 5.78 Å². The smallest absolute Gasteiger partial charge is 0.379 e. The summed E-state index contributed by atoms with van der Waals surface area (Å²) in [5.74, 6) is 0.203. The molecule has 0 bridgehead atoms. The Morgan fingerprint density at radius 3 is 2.95 bits per heavy atom. The van der Waals surface area contributed by atoms with E-state index in [4.69, 9.17) is 9.88 Å². The SMILES string of the molecule is Cc1sc(C(=O)c2cncnc2N[C@H]2CC/C(=C\OS(N)(=O)=O)C2)cc1C1OCCc2ccc(C#N)cc21. The number of ether oxygens (including phenoxy) is 1. The lowest BCUT2D eigenvalue weighted by molar-refractivity contribution is 0.0697. The van der Waals surface area contributed by atoms with Crippen molar-refractivity contribution >= 4 is 33.2 Å². The summed E-state index contributed by atoms with van der Waals surface area (Å²) in [4.78, 5) is 23.5. The number of nitrogens with two attached hydrogens (primary N) is 1. The van der Waals surface area contributed by atoms with E-state index in [0.717, 1.165) is 33.6 Å². The van der Waals surface area contributed by atoms with E-state index in [2.05, 4.69) is 25.5 Å². The molecule has 1 aliphatic heterocycles. The highest BCUT2D eigenvalue weighted by Crippen LogP contribution is 2.39. The largest absolute Gasteiger partial charge is 0.379 e. The first-order valence-corrected chi connectivity index (χ1v) is 14.3. The van der Waals surface area contributed by atoms with Crippen LogP contribution in [0.25, 0.3) is 0 Å². The van der Waals surface area contributed by atoms with E-state index < -0.39 is 10.3 Å². The summed E-state index contributed by atoms with van der Waals surface area (Å²) in [5, 5.41) is 17.6. The second-order valence-electron chi connectivity index (χ2n) is 9.21. The quantitative estimate of drug-likeness (QED) is 0.330. The molecule has 5 rings (SSSR count). The van der Waals surface area contributed by atoms with Crippen molar-refractivity contribution < 1.29 is 22.1 Å². The maximum Gasteiger partial charge on any atom is 0.379 e. The molecule has 0 amide bonds. The molecule has 2 aromatic heterocycles. The number of anilines is 1. The van der Waals surface area contributed by atoms with Crippen molar-refractivity contribution in [3.8, 4) is 6.07 Å². The predicted molar refractivity (Wildman–Crippen MR) is 141 cm³/mol. The van der Waals surface area contributed by atoms with Crippen molar-refractivity contribution in [1.82, 2.24) is 9.97 Å². The number of rotatable bonds is 7. The monoisotopic (exact) mass is 551 g/mol. The van der Waals surface area contributed by atoms with Gasteiger partial charge in [-0.25, -0.2) is 9.97 Å². The first-order valence-electron chi connectivity index (χ1n) is 12.0. The van der Waals surface area contributed by atoms with Gasteiger partial charge in [0.15, 0.2) is 0 Å². The standard InChI is InChI=1S/C26H25N5O5S2/c1-15-20(25-21-9-16(11-27)2-4-18(21)6-7-35-25)10-23(37-15)24(32)22-12-29-14-30-26(22)31-19-5-3-17(8-19)13-36-38(28,33)34/h2,4,9-10,12-14,19,25H,3,5-8H2,1H3,(H2,28,33,34)(H,29,30,31)/b17-13+/t19-,25?/m0/s1. The number of thiophene rings is 1. The molecule has 38 heavy (non-hydrogen) atoms. The average molecular weight is 552 g/mol. The first kappa shape index (κ1) is 26.0. The Balaban J connectivity index is 1.37. The van der Waals surface area contributed by atoms with Gasteiger partial charge in [0.05, 0.1) is 28.7 Å². The van der Waals surface area contributed by atoms with Crippen LogP contribution in [-0.2, 0) is 25.6 Å². The minimum Gasteiger partial charge on any atom is -0.379 e. The van der Waals surface area contributed by atoms with Crippen LogP contribution in [0.2, 0.25) is 0 Å². The fraction of sp³-hybridized carbons (Fsp3) is 0.308. The van der Waals surface area contributed by atoms with E-state index in [9.17, 15) is 18.5 Å². The van der Waals surface area contributed by atoms with Crippen LogP contribution in [0.1, 0.15) is 67.7 Å². The number of hydrogen-bond acceptors (Lipinski definition) is 10. The fourth-order valence-electron chi connectivity index (χ4n) is 4.82. The van der Waals surface area contributed by atoms with Gasteiger partial charge in [-0.15, -0.1) is 11.3 Å². The van der Waals surface area contributed by atoms with Gasteiger partial charge in [0, 0.05) is 17.1 Å². The minimum absolute atomic E-state index is 0.0612. The van der Waals surface area contributed by atoms with Crippen LogP contribution in [0.15, 0.2) is 48.6 Å². The summed E-state index contributed by atoms with van der Waals surface area (Å²) in [6.45, 7) is 2.52. The third kappa shape index (κ3) is 5.61. The molecular formula is C26H25N5O5S2. The number of nitriles is 1. The van der Waals surface area contributed by atoms with Gasteiger partial charge in [-0.2, -0.15) is 18.8 Å². The molecule has 2 aliphatic rings. The van der Waals surface area contributed by atoms with E-state index >= 15 is 0 Å². The zero-order valence-electron chi connectivity index (χ0n) is 20.5. The van der Waals surface area contributed by atoms with Crippen molar-refractivity contribution in [3.05, 3.63) is 86.2 Å². The molecule has 1 fully saturated rings. The molecule has 12 heteroatoms. The van der Waals surface area contributed by atoms with Gasteiger partial charge in [-0.05, 0) is 73.1 Å². The Bertz CT molecular complexity index is 1570. The van der Waals surface area contributed by atoms with E-state index in [1.807, 2.05) is 31.2 Å². The number of fused-ring (bicyclic) bond motifs is 1. The Morgan fingerprint density at radius 1 is 1.32 bits per heavy atom. The molecule has 0 saturated heterocycles. The van der Waals surface area contributed by atoms with Crippen LogP contribution in [0.4, 0.5) is 5.82 Å². The van der Waals surface area contributed by atoms with Crippen molar-refractivity contribution in [3.63, 3.8) is 0 Å². The van der Waals surface area contributed by atoms with Crippen molar-refractivity contribution in [2.75, 3.05) is 11.9 Å². The molecule has 1 aromatic carbocycles. The zero-order valence-corrected chi connectivity index (χ0v) is 22.1. The summed E-state index contributed by atoms with van der Waals surface area (Å²) in [6.07, 6.45) is 6.33. The number of benzene rings is 1. The van der Waals surface area contributed by atoms with E-state index in [-0.39, 0.29) is 17.9 Å². The number of ketones is 1. The maximum atomic E-state index is 13.6. The molecule has 1 saturated carbocycles. The number of carbonyl (C=O) groups excluding carboxylic acids is 1.